The number of ketones is 1. The van der Waals surface area contributed by atoms with Crippen LogP contribution in [0.4, 0.5) is 5.69 Å². The number of Topliss-reactive ketones (excluding diaryl/α,β-unsaturated/α-hetero) is 1. The van der Waals surface area contributed by atoms with Crippen LogP contribution in [0.25, 0.3) is 21.3 Å². The van der Waals surface area contributed by atoms with Gasteiger partial charge in [-0.3, -0.25) is 9.59 Å². The summed E-state index contributed by atoms with van der Waals surface area (Å²) in [6, 6.07) is 16.6. The summed E-state index contributed by atoms with van der Waals surface area (Å²) in [5.74, 6) is 0.0324. The maximum absolute atomic E-state index is 12.3. The molecule has 1 N–H and O–H groups in total. The van der Waals surface area contributed by atoms with Gasteiger partial charge in [-0.25, -0.2) is 9.97 Å². The molecule has 6 nitrogen and oxygen atoms in total. The summed E-state index contributed by atoms with van der Waals surface area (Å²) in [4.78, 5) is 33.0. The second-order valence-corrected chi connectivity index (χ2v) is 7.20. The van der Waals surface area contributed by atoms with Gasteiger partial charge in [0.1, 0.15) is 11.2 Å². The lowest BCUT2D eigenvalue weighted by Crippen LogP contribution is -2.20. The fourth-order valence-corrected chi connectivity index (χ4v) is 3.81. The first-order valence-corrected chi connectivity index (χ1v) is 9.81. The molecule has 1 amide bonds. The van der Waals surface area contributed by atoms with Crippen LogP contribution < -0.4 is 10.1 Å². The van der Waals surface area contributed by atoms with Crippen molar-refractivity contribution in [3.63, 3.8) is 0 Å². The molecule has 0 atom stereocenters. The summed E-state index contributed by atoms with van der Waals surface area (Å²) in [6.45, 7) is 1.31. The first-order valence-electron chi connectivity index (χ1n) is 8.93. The number of nitrogens with zero attached hydrogens (tertiary/aromatic N) is 2. The highest BCUT2D eigenvalue weighted by Gasteiger charge is 2.15. The number of hydrogen-bond donors (Lipinski definition) is 1. The maximum atomic E-state index is 12.3. The van der Waals surface area contributed by atoms with Gasteiger partial charge in [0.15, 0.2) is 12.4 Å². The molecule has 0 saturated heterocycles. The molecular weight excluding hydrogens is 386 g/mol. The fourth-order valence-electron chi connectivity index (χ4n) is 2.91. The zero-order chi connectivity index (χ0) is 20.2. The van der Waals surface area contributed by atoms with Gasteiger partial charge in [-0.15, -0.1) is 11.3 Å². The monoisotopic (exact) mass is 403 g/mol. The van der Waals surface area contributed by atoms with Crippen molar-refractivity contribution >= 4 is 38.9 Å². The summed E-state index contributed by atoms with van der Waals surface area (Å²) in [7, 11) is 0. The van der Waals surface area contributed by atoms with E-state index in [0.29, 0.717) is 17.1 Å². The van der Waals surface area contributed by atoms with Crippen LogP contribution >= 0.6 is 11.3 Å². The van der Waals surface area contributed by atoms with Crippen molar-refractivity contribution in [3.05, 3.63) is 71.9 Å². The molecule has 0 unspecified atom stereocenters. The number of rotatable bonds is 6. The average Bonchev–Trinajstić information content (AvgIpc) is 3.18. The van der Waals surface area contributed by atoms with Gasteiger partial charge in [0.2, 0.25) is 5.88 Å². The largest absolute Gasteiger partial charge is 0.467 e. The molecule has 0 fully saturated rings. The number of aromatic nitrogens is 2. The Labute approximate surface area is 171 Å². The van der Waals surface area contributed by atoms with E-state index in [1.165, 1.54) is 24.6 Å². The lowest BCUT2D eigenvalue weighted by molar-refractivity contribution is -0.118. The standard InChI is InChI=1S/C22H17N3O3S/c1-14(26)15-7-9-17(10-8-15)25-19(27)11-28-21-20-18(16-5-3-2-4-6-16)12-29-22(20)24-13-23-21/h2-10,12-13H,11H2,1H3,(H,25,27). The first-order chi connectivity index (χ1) is 14.1. The van der Waals surface area contributed by atoms with Gasteiger partial charge in [0.05, 0.1) is 5.39 Å². The van der Waals surface area contributed by atoms with E-state index in [-0.39, 0.29) is 18.3 Å². The maximum Gasteiger partial charge on any atom is 0.262 e. The Bertz CT molecular complexity index is 1170. The molecule has 144 valence electrons. The average molecular weight is 403 g/mol. The van der Waals surface area contributed by atoms with E-state index in [9.17, 15) is 9.59 Å². The van der Waals surface area contributed by atoms with E-state index < -0.39 is 0 Å². The van der Waals surface area contributed by atoms with Gasteiger partial charge < -0.3 is 10.1 Å². The van der Waals surface area contributed by atoms with Crippen molar-refractivity contribution in [2.45, 2.75) is 6.92 Å². The van der Waals surface area contributed by atoms with Crippen molar-refractivity contribution in [3.8, 4) is 17.0 Å². The molecule has 0 radical (unpaired) electrons. The topological polar surface area (TPSA) is 81.2 Å². The predicted molar refractivity (Wildman–Crippen MR) is 113 cm³/mol. The Morgan fingerprint density at radius 1 is 1.03 bits per heavy atom. The number of carbonyl (C=O) groups excluding carboxylic acids is 2. The second kappa shape index (κ2) is 8.20. The Morgan fingerprint density at radius 3 is 2.52 bits per heavy atom. The summed E-state index contributed by atoms with van der Waals surface area (Å²) < 4.78 is 5.73. The number of thiophene rings is 1. The number of amides is 1. The molecule has 0 saturated carbocycles. The van der Waals surface area contributed by atoms with E-state index in [2.05, 4.69) is 15.3 Å². The first kappa shape index (κ1) is 18.8. The number of benzene rings is 2. The van der Waals surface area contributed by atoms with E-state index in [1.54, 1.807) is 24.3 Å². The van der Waals surface area contributed by atoms with Crippen LogP contribution in [0.3, 0.4) is 0 Å². The highest BCUT2D eigenvalue weighted by atomic mass is 32.1. The highest BCUT2D eigenvalue weighted by molar-refractivity contribution is 7.17. The summed E-state index contributed by atoms with van der Waals surface area (Å²) in [6.07, 6.45) is 1.43. The molecule has 0 spiro atoms. The van der Waals surface area contributed by atoms with E-state index in [1.807, 2.05) is 35.7 Å². The van der Waals surface area contributed by atoms with Gasteiger partial charge in [0, 0.05) is 22.2 Å². The molecule has 2 aromatic carbocycles. The quantitative estimate of drug-likeness (QED) is 0.477. The van der Waals surface area contributed by atoms with Crippen LogP contribution in [0.2, 0.25) is 0 Å². The van der Waals surface area contributed by atoms with Crippen molar-refractivity contribution < 1.29 is 14.3 Å². The van der Waals surface area contributed by atoms with Crippen molar-refractivity contribution in [1.29, 1.82) is 0 Å². The number of ether oxygens (including phenoxy) is 1. The van der Waals surface area contributed by atoms with Gasteiger partial charge in [-0.05, 0) is 36.8 Å². The Kier molecular flexibility index (Phi) is 5.31. The minimum atomic E-state index is -0.316. The van der Waals surface area contributed by atoms with Crippen LogP contribution in [-0.4, -0.2) is 28.3 Å². The van der Waals surface area contributed by atoms with Crippen molar-refractivity contribution in [1.82, 2.24) is 9.97 Å². The predicted octanol–water partition coefficient (Wildman–Crippen LogP) is 4.58. The van der Waals surface area contributed by atoms with Gasteiger partial charge >= 0.3 is 0 Å². The number of fused-ring (bicyclic) bond motifs is 1. The number of carbonyl (C=O) groups is 2. The Hall–Kier alpha value is -3.58. The summed E-state index contributed by atoms with van der Waals surface area (Å²) in [5, 5.41) is 5.56. The third-order valence-electron chi connectivity index (χ3n) is 4.34. The Balaban J connectivity index is 1.50. The van der Waals surface area contributed by atoms with Gasteiger partial charge in [-0.1, -0.05) is 30.3 Å². The zero-order valence-electron chi connectivity index (χ0n) is 15.6. The fraction of sp³-hybridized carbons (Fsp3) is 0.0909. The molecular formula is C22H17N3O3S. The summed E-state index contributed by atoms with van der Waals surface area (Å²) >= 11 is 1.50. The van der Waals surface area contributed by atoms with Crippen LogP contribution in [0.1, 0.15) is 17.3 Å². The van der Waals surface area contributed by atoms with Crippen LogP contribution in [-0.2, 0) is 4.79 Å². The van der Waals surface area contributed by atoms with Crippen LogP contribution in [0.5, 0.6) is 5.88 Å². The molecule has 0 aliphatic rings. The number of hydrogen-bond acceptors (Lipinski definition) is 6. The molecule has 4 rings (SSSR count). The molecule has 0 bridgehead atoms. The number of anilines is 1. The smallest absolute Gasteiger partial charge is 0.262 e. The zero-order valence-corrected chi connectivity index (χ0v) is 16.4. The minimum Gasteiger partial charge on any atom is -0.467 e. The summed E-state index contributed by atoms with van der Waals surface area (Å²) in [5.41, 5.74) is 3.19. The lowest BCUT2D eigenvalue weighted by atomic mass is 10.1. The van der Waals surface area contributed by atoms with Gasteiger partial charge in [0.25, 0.3) is 5.91 Å². The Morgan fingerprint density at radius 2 is 1.79 bits per heavy atom. The molecule has 29 heavy (non-hydrogen) atoms. The second-order valence-electron chi connectivity index (χ2n) is 6.34. The molecule has 7 heteroatoms. The third-order valence-corrected chi connectivity index (χ3v) is 5.22. The third kappa shape index (κ3) is 4.14. The number of nitrogens with one attached hydrogen (secondary N) is 1. The molecule has 2 aromatic heterocycles. The molecule has 0 aliphatic carbocycles. The SMILES string of the molecule is CC(=O)c1ccc(NC(=O)COc2ncnc3scc(-c4ccccc4)c23)cc1. The molecule has 0 aliphatic heterocycles. The van der Waals surface area contributed by atoms with Crippen molar-refractivity contribution in [2.75, 3.05) is 11.9 Å². The van der Waals surface area contributed by atoms with E-state index >= 15 is 0 Å². The van der Waals surface area contributed by atoms with E-state index in [0.717, 1.165) is 21.3 Å². The van der Waals surface area contributed by atoms with Crippen LogP contribution in [0.15, 0.2) is 66.3 Å². The van der Waals surface area contributed by atoms with Gasteiger partial charge in [-0.2, -0.15) is 0 Å². The highest BCUT2D eigenvalue weighted by Crippen LogP contribution is 2.37. The molecule has 2 heterocycles. The normalized spacial score (nSPS) is 10.7. The lowest BCUT2D eigenvalue weighted by Gasteiger charge is -2.09. The van der Waals surface area contributed by atoms with E-state index in [4.69, 9.17) is 4.74 Å². The minimum absolute atomic E-state index is 0.0241. The molecule has 4 aromatic rings. The van der Waals surface area contributed by atoms with Crippen molar-refractivity contribution in [2.24, 2.45) is 0 Å². The van der Waals surface area contributed by atoms with Crippen LogP contribution in [0, 0.1) is 0 Å².